The minimum Gasteiger partial charge on any atom is -0.346 e. The number of nitrogens with zero attached hydrogens (tertiary/aromatic N) is 2. The van der Waals surface area contributed by atoms with Crippen LogP contribution in [0.4, 0.5) is 5.13 Å². The van der Waals surface area contributed by atoms with Crippen molar-refractivity contribution in [2.75, 3.05) is 18.0 Å². The van der Waals surface area contributed by atoms with Crippen molar-refractivity contribution in [3.05, 3.63) is 33.5 Å². The zero-order valence-corrected chi connectivity index (χ0v) is 14.4. The van der Waals surface area contributed by atoms with E-state index in [1.807, 2.05) is 16.8 Å². The van der Waals surface area contributed by atoms with Crippen molar-refractivity contribution in [1.29, 1.82) is 0 Å². The Labute approximate surface area is 140 Å². The van der Waals surface area contributed by atoms with E-state index < -0.39 is 0 Å². The molecule has 0 saturated carbocycles. The van der Waals surface area contributed by atoms with Crippen LogP contribution in [0, 0.1) is 0 Å². The lowest BCUT2D eigenvalue weighted by Gasteiger charge is -2.37. The number of carbonyl (C=O) groups is 2. The number of thiophene rings is 1. The van der Waals surface area contributed by atoms with Crippen LogP contribution >= 0.6 is 34.4 Å². The van der Waals surface area contributed by atoms with Gasteiger partial charge in [0.2, 0.25) is 0 Å². The fourth-order valence-corrected chi connectivity index (χ4v) is 4.56. The normalized spacial score (nSPS) is 14.7. The molecule has 3 heterocycles. The third-order valence-electron chi connectivity index (χ3n) is 3.17. The smallest absolute Gasteiger partial charge is 0.261 e. The molecule has 0 bridgehead atoms. The number of thioether (sulfide) groups is 1. The molecule has 22 heavy (non-hydrogen) atoms. The van der Waals surface area contributed by atoms with E-state index in [1.165, 1.54) is 23.1 Å². The molecular formula is C14H15N3O2S3. The van der Waals surface area contributed by atoms with Crippen molar-refractivity contribution >= 4 is 50.6 Å². The molecule has 1 aliphatic rings. The van der Waals surface area contributed by atoms with Gasteiger partial charge in [-0.25, -0.2) is 4.98 Å². The van der Waals surface area contributed by atoms with E-state index in [0.29, 0.717) is 16.7 Å². The summed E-state index contributed by atoms with van der Waals surface area (Å²) in [7, 11) is 0. The topological polar surface area (TPSA) is 62.3 Å². The summed E-state index contributed by atoms with van der Waals surface area (Å²) in [5, 5.41) is 8.23. The Morgan fingerprint density at radius 3 is 2.95 bits per heavy atom. The van der Waals surface area contributed by atoms with Gasteiger partial charge in [-0.05, 0) is 11.4 Å². The summed E-state index contributed by atoms with van der Waals surface area (Å²) in [6, 6.07) is 3.67. The van der Waals surface area contributed by atoms with E-state index >= 15 is 0 Å². The minimum atomic E-state index is -0.0635. The SMILES string of the molecule is CC(=O)SC1CN(c2nc(CNC(=O)c3cccs3)cs2)C1. The highest BCUT2D eigenvalue weighted by Gasteiger charge is 2.30. The first kappa shape index (κ1) is 15.5. The molecule has 0 aromatic carbocycles. The molecule has 1 saturated heterocycles. The van der Waals surface area contributed by atoms with Gasteiger partial charge in [-0.15, -0.1) is 22.7 Å². The Bertz CT molecular complexity index is 663. The minimum absolute atomic E-state index is 0.0635. The van der Waals surface area contributed by atoms with Crippen LogP contribution in [0.25, 0.3) is 0 Å². The highest BCUT2D eigenvalue weighted by atomic mass is 32.2. The number of nitrogens with one attached hydrogen (secondary N) is 1. The molecule has 0 unspecified atom stereocenters. The maximum atomic E-state index is 11.9. The van der Waals surface area contributed by atoms with Crippen molar-refractivity contribution in [2.45, 2.75) is 18.7 Å². The zero-order chi connectivity index (χ0) is 15.5. The molecule has 1 N–H and O–H groups in total. The van der Waals surface area contributed by atoms with Crippen LogP contribution in [0.3, 0.4) is 0 Å². The highest BCUT2D eigenvalue weighted by Crippen LogP contribution is 2.30. The summed E-state index contributed by atoms with van der Waals surface area (Å²) in [6.07, 6.45) is 0. The third kappa shape index (κ3) is 3.68. The van der Waals surface area contributed by atoms with Gasteiger partial charge in [0.25, 0.3) is 5.91 Å². The van der Waals surface area contributed by atoms with E-state index in [1.54, 1.807) is 24.3 Å². The van der Waals surface area contributed by atoms with Gasteiger partial charge in [0.1, 0.15) is 0 Å². The predicted molar refractivity (Wildman–Crippen MR) is 91.9 cm³/mol. The summed E-state index contributed by atoms with van der Waals surface area (Å²) in [5.74, 6) is -0.0635. The number of amides is 1. The van der Waals surface area contributed by atoms with Gasteiger partial charge in [0.15, 0.2) is 10.2 Å². The molecule has 1 fully saturated rings. The first-order valence-corrected chi connectivity index (χ1v) is 9.44. The van der Waals surface area contributed by atoms with Crippen LogP contribution in [0.5, 0.6) is 0 Å². The van der Waals surface area contributed by atoms with Crippen molar-refractivity contribution in [2.24, 2.45) is 0 Å². The maximum absolute atomic E-state index is 11.9. The van der Waals surface area contributed by atoms with E-state index in [0.717, 1.165) is 23.9 Å². The lowest BCUT2D eigenvalue weighted by molar-refractivity contribution is -0.109. The summed E-state index contributed by atoms with van der Waals surface area (Å²) >= 11 is 4.40. The molecule has 0 aliphatic carbocycles. The molecular weight excluding hydrogens is 338 g/mol. The quantitative estimate of drug-likeness (QED) is 0.895. The monoisotopic (exact) mass is 353 g/mol. The number of aromatic nitrogens is 1. The summed E-state index contributed by atoms with van der Waals surface area (Å²) in [6.45, 7) is 3.76. The first-order chi connectivity index (χ1) is 10.6. The number of thiazole rings is 1. The van der Waals surface area contributed by atoms with Crippen LogP contribution in [-0.2, 0) is 11.3 Å². The molecule has 0 spiro atoms. The molecule has 1 amide bonds. The molecule has 5 nitrogen and oxygen atoms in total. The van der Waals surface area contributed by atoms with Gasteiger partial charge in [-0.3, -0.25) is 9.59 Å². The number of carbonyl (C=O) groups excluding carboxylic acids is 2. The van der Waals surface area contributed by atoms with Crippen molar-refractivity contribution in [3.63, 3.8) is 0 Å². The molecule has 3 rings (SSSR count). The van der Waals surface area contributed by atoms with E-state index in [9.17, 15) is 9.59 Å². The van der Waals surface area contributed by atoms with E-state index in [2.05, 4.69) is 15.2 Å². The predicted octanol–water partition coefficient (Wildman–Crippen LogP) is 2.60. The number of anilines is 1. The van der Waals surface area contributed by atoms with Crippen LogP contribution in [0.1, 0.15) is 22.3 Å². The van der Waals surface area contributed by atoms with Crippen molar-refractivity contribution in [3.8, 4) is 0 Å². The van der Waals surface area contributed by atoms with Crippen molar-refractivity contribution in [1.82, 2.24) is 10.3 Å². The van der Waals surface area contributed by atoms with E-state index in [-0.39, 0.29) is 11.0 Å². The Kier molecular flexibility index (Phi) is 4.80. The second-order valence-corrected chi connectivity index (χ2v) is 8.18. The van der Waals surface area contributed by atoms with Crippen LogP contribution in [-0.4, -0.2) is 34.3 Å². The molecule has 8 heteroatoms. The summed E-state index contributed by atoms with van der Waals surface area (Å²) < 4.78 is 0. The Morgan fingerprint density at radius 2 is 2.27 bits per heavy atom. The molecule has 116 valence electrons. The van der Waals surface area contributed by atoms with Gasteiger partial charge < -0.3 is 10.2 Å². The lowest BCUT2D eigenvalue weighted by Crippen LogP contribution is -2.49. The third-order valence-corrected chi connectivity index (χ3v) is 5.95. The highest BCUT2D eigenvalue weighted by molar-refractivity contribution is 8.14. The molecule has 2 aromatic rings. The second-order valence-electron chi connectivity index (χ2n) is 4.92. The van der Waals surface area contributed by atoms with E-state index in [4.69, 9.17) is 0 Å². The van der Waals surface area contributed by atoms with Gasteiger partial charge >= 0.3 is 0 Å². The zero-order valence-electron chi connectivity index (χ0n) is 11.9. The number of hydrogen-bond acceptors (Lipinski definition) is 7. The van der Waals surface area contributed by atoms with Crippen LogP contribution in [0.2, 0.25) is 0 Å². The largest absolute Gasteiger partial charge is 0.346 e. The van der Waals surface area contributed by atoms with Gasteiger partial charge in [0, 0.05) is 30.6 Å². The lowest BCUT2D eigenvalue weighted by atomic mass is 10.2. The fourth-order valence-electron chi connectivity index (χ4n) is 2.09. The molecule has 1 aliphatic heterocycles. The Balaban J connectivity index is 1.48. The molecule has 0 atom stereocenters. The fraction of sp³-hybridized carbons (Fsp3) is 0.357. The van der Waals surface area contributed by atoms with Crippen LogP contribution in [0.15, 0.2) is 22.9 Å². The number of rotatable bonds is 5. The van der Waals surface area contributed by atoms with Crippen molar-refractivity contribution < 1.29 is 9.59 Å². The average Bonchev–Trinajstić information content (AvgIpc) is 3.10. The first-order valence-electron chi connectivity index (χ1n) is 6.80. The van der Waals surface area contributed by atoms with Gasteiger partial charge in [0.05, 0.1) is 17.1 Å². The molecule has 2 aromatic heterocycles. The Hall–Kier alpha value is -1.38. The second kappa shape index (κ2) is 6.80. The maximum Gasteiger partial charge on any atom is 0.261 e. The summed E-state index contributed by atoms with van der Waals surface area (Å²) in [4.78, 5) is 30.3. The average molecular weight is 353 g/mol. The Morgan fingerprint density at radius 1 is 1.45 bits per heavy atom. The van der Waals surface area contributed by atoms with Gasteiger partial charge in [-0.1, -0.05) is 17.8 Å². The summed E-state index contributed by atoms with van der Waals surface area (Å²) in [5.41, 5.74) is 0.868. The van der Waals surface area contributed by atoms with Crippen LogP contribution < -0.4 is 10.2 Å². The standard InChI is InChI=1S/C14H15N3O2S3/c1-9(18)22-11-6-17(7-11)14-16-10(8-21-14)5-15-13(19)12-3-2-4-20-12/h2-4,8,11H,5-7H2,1H3,(H,15,19). The van der Waals surface area contributed by atoms with Gasteiger partial charge in [-0.2, -0.15) is 0 Å². The number of hydrogen-bond donors (Lipinski definition) is 1. The molecule has 0 radical (unpaired) electrons.